The van der Waals surface area contributed by atoms with Crippen molar-refractivity contribution in [1.82, 2.24) is 4.72 Å². The minimum absolute atomic E-state index is 0.00222. The third-order valence-electron chi connectivity index (χ3n) is 4.06. The van der Waals surface area contributed by atoms with Crippen molar-refractivity contribution in [2.45, 2.75) is 36.6 Å². The Morgan fingerprint density at radius 1 is 1.25 bits per heavy atom. The van der Waals surface area contributed by atoms with Gasteiger partial charge >= 0.3 is 0 Å². The van der Waals surface area contributed by atoms with E-state index in [-0.39, 0.29) is 23.5 Å². The van der Waals surface area contributed by atoms with Crippen molar-refractivity contribution in [2.75, 3.05) is 6.61 Å². The lowest BCUT2D eigenvalue weighted by atomic mass is 9.85. The molecule has 1 heterocycles. The molecule has 1 fully saturated rings. The number of sulfonamides is 1. The summed E-state index contributed by atoms with van der Waals surface area (Å²) in [6.45, 7) is 0.107. The van der Waals surface area contributed by atoms with Crippen LogP contribution in [-0.4, -0.2) is 32.0 Å². The second-order valence-electron chi connectivity index (χ2n) is 5.37. The molecule has 0 radical (unpaired) electrons. The molecule has 1 aliphatic heterocycles. The molecule has 1 aromatic carbocycles. The van der Waals surface area contributed by atoms with E-state index in [1.54, 1.807) is 24.3 Å². The van der Waals surface area contributed by atoms with Crippen LogP contribution in [0.3, 0.4) is 0 Å². The zero-order chi connectivity index (χ0) is 14.2. The molecule has 2 atom stereocenters. The normalized spacial score (nSPS) is 29.9. The fourth-order valence-electron chi connectivity index (χ4n) is 2.97. The van der Waals surface area contributed by atoms with Gasteiger partial charge in [-0.15, -0.1) is 0 Å². The second kappa shape index (κ2) is 5.18. The molecule has 1 saturated carbocycles. The molecule has 0 aromatic heterocycles. The van der Waals surface area contributed by atoms with Gasteiger partial charge in [-0.2, -0.15) is 0 Å². The minimum Gasteiger partial charge on any atom is -0.396 e. The second-order valence-corrected chi connectivity index (χ2v) is 7.02. The first kappa shape index (κ1) is 13.6. The molecule has 0 saturated heterocycles. The number of aliphatic hydroxyl groups excluding tert-OH is 1. The van der Waals surface area contributed by atoms with Crippen LogP contribution >= 0.6 is 0 Å². The van der Waals surface area contributed by atoms with Gasteiger partial charge in [0.1, 0.15) is 5.84 Å². The largest absolute Gasteiger partial charge is 0.396 e. The van der Waals surface area contributed by atoms with Crippen molar-refractivity contribution in [1.29, 1.82) is 0 Å². The summed E-state index contributed by atoms with van der Waals surface area (Å²) in [6, 6.07) is 6.87. The monoisotopic (exact) mass is 294 g/mol. The van der Waals surface area contributed by atoms with E-state index in [1.807, 2.05) is 0 Å². The molecule has 6 heteroatoms. The summed E-state index contributed by atoms with van der Waals surface area (Å²) in [5.41, 5.74) is 0.634. The highest BCUT2D eigenvalue weighted by Gasteiger charge is 2.32. The molecular formula is C14H18N2O3S. The summed E-state index contributed by atoms with van der Waals surface area (Å²) in [7, 11) is -3.47. The molecule has 2 aliphatic rings. The van der Waals surface area contributed by atoms with Gasteiger partial charge in [-0.1, -0.05) is 25.0 Å². The van der Waals surface area contributed by atoms with Gasteiger partial charge in [0.25, 0.3) is 10.0 Å². The molecular weight excluding hydrogens is 276 g/mol. The number of rotatable bonds is 2. The molecule has 1 aromatic rings. The molecule has 2 unspecified atom stereocenters. The number of hydrogen-bond donors (Lipinski definition) is 2. The summed E-state index contributed by atoms with van der Waals surface area (Å²) in [5.74, 6) is 0.555. The van der Waals surface area contributed by atoms with Crippen molar-refractivity contribution in [2.24, 2.45) is 10.9 Å². The van der Waals surface area contributed by atoms with Crippen LogP contribution in [0, 0.1) is 5.92 Å². The van der Waals surface area contributed by atoms with E-state index in [2.05, 4.69) is 9.71 Å². The maximum atomic E-state index is 12.0. The first-order chi connectivity index (χ1) is 9.62. The summed E-state index contributed by atoms with van der Waals surface area (Å²) in [4.78, 5) is 4.88. The van der Waals surface area contributed by atoms with E-state index in [9.17, 15) is 13.5 Å². The number of amidine groups is 1. The van der Waals surface area contributed by atoms with Crippen molar-refractivity contribution < 1.29 is 13.5 Å². The lowest BCUT2D eigenvalue weighted by Crippen LogP contribution is -2.30. The van der Waals surface area contributed by atoms with Gasteiger partial charge in [0.2, 0.25) is 0 Å². The summed E-state index contributed by atoms with van der Waals surface area (Å²) in [6.07, 6.45) is 4.03. The Morgan fingerprint density at radius 3 is 2.80 bits per heavy atom. The van der Waals surface area contributed by atoms with Crippen LogP contribution in [0.5, 0.6) is 0 Å². The number of fused-ring (bicyclic) bond motifs is 1. The summed E-state index contributed by atoms with van der Waals surface area (Å²) in [5, 5.41) is 9.43. The lowest BCUT2D eigenvalue weighted by molar-refractivity contribution is 0.172. The molecule has 1 aliphatic carbocycles. The van der Waals surface area contributed by atoms with Crippen LogP contribution in [0.15, 0.2) is 34.2 Å². The third kappa shape index (κ3) is 2.33. The van der Waals surface area contributed by atoms with Crippen LogP contribution < -0.4 is 4.72 Å². The van der Waals surface area contributed by atoms with E-state index < -0.39 is 10.0 Å². The highest BCUT2D eigenvalue weighted by atomic mass is 32.2. The van der Waals surface area contributed by atoms with Gasteiger partial charge in [-0.25, -0.2) is 8.42 Å². The fourth-order valence-corrected chi connectivity index (χ4v) is 4.21. The van der Waals surface area contributed by atoms with Gasteiger partial charge < -0.3 is 5.11 Å². The predicted octanol–water partition coefficient (Wildman–Crippen LogP) is 1.28. The van der Waals surface area contributed by atoms with E-state index >= 15 is 0 Å². The molecule has 3 rings (SSSR count). The van der Waals surface area contributed by atoms with Crippen LogP contribution in [0.1, 0.15) is 31.2 Å². The van der Waals surface area contributed by atoms with E-state index in [0.717, 1.165) is 25.7 Å². The smallest absolute Gasteiger partial charge is 0.263 e. The first-order valence-electron chi connectivity index (χ1n) is 6.93. The Balaban J connectivity index is 1.97. The van der Waals surface area contributed by atoms with Crippen molar-refractivity contribution in [3.05, 3.63) is 29.8 Å². The van der Waals surface area contributed by atoms with Gasteiger partial charge in [0, 0.05) is 18.1 Å². The molecule has 0 amide bonds. The zero-order valence-corrected chi connectivity index (χ0v) is 11.9. The number of aliphatic hydroxyl groups is 1. The maximum absolute atomic E-state index is 12.0. The van der Waals surface area contributed by atoms with Crippen molar-refractivity contribution >= 4 is 15.9 Å². The maximum Gasteiger partial charge on any atom is 0.263 e. The fraction of sp³-hybridized carbons (Fsp3) is 0.500. The van der Waals surface area contributed by atoms with Gasteiger partial charge in [-0.3, -0.25) is 9.71 Å². The Kier molecular flexibility index (Phi) is 3.52. The van der Waals surface area contributed by atoms with Crippen LogP contribution in [0.4, 0.5) is 0 Å². The average Bonchev–Trinajstić information content (AvgIpc) is 2.71. The van der Waals surface area contributed by atoms with Gasteiger partial charge in [0.05, 0.1) is 10.9 Å². The highest BCUT2D eigenvalue weighted by Crippen LogP contribution is 2.29. The van der Waals surface area contributed by atoms with Crippen LogP contribution in [-0.2, 0) is 10.0 Å². The Hall–Kier alpha value is -1.40. The predicted molar refractivity (Wildman–Crippen MR) is 76.1 cm³/mol. The summed E-state index contributed by atoms with van der Waals surface area (Å²) < 4.78 is 26.6. The molecule has 2 N–H and O–H groups in total. The van der Waals surface area contributed by atoms with Crippen LogP contribution in [0.2, 0.25) is 0 Å². The average molecular weight is 294 g/mol. The number of benzene rings is 1. The van der Waals surface area contributed by atoms with Gasteiger partial charge in [-0.05, 0) is 25.0 Å². The number of nitrogens with zero attached hydrogens (tertiary/aromatic N) is 1. The van der Waals surface area contributed by atoms with Crippen molar-refractivity contribution in [3.63, 3.8) is 0 Å². The standard InChI is InChI=1S/C14H18N2O3S/c17-9-10-5-1-3-7-12(10)15-14-11-6-2-4-8-13(11)20(18,19)16-14/h2,4,6,8,10,12,17H,1,3,5,7,9H2,(H,15,16). The highest BCUT2D eigenvalue weighted by molar-refractivity contribution is 7.90. The Morgan fingerprint density at radius 2 is 2.00 bits per heavy atom. The first-order valence-corrected chi connectivity index (χ1v) is 8.41. The number of aliphatic imine (C=N–C) groups is 1. The quantitative estimate of drug-likeness (QED) is 0.862. The Labute approximate surface area is 118 Å². The lowest BCUT2D eigenvalue weighted by Gasteiger charge is -2.27. The zero-order valence-electron chi connectivity index (χ0n) is 11.1. The molecule has 108 valence electrons. The van der Waals surface area contributed by atoms with E-state index in [1.165, 1.54) is 0 Å². The topological polar surface area (TPSA) is 78.8 Å². The molecule has 0 spiro atoms. The van der Waals surface area contributed by atoms with Crippen molar-refractivity contribution in [3.8, 4) is 0 Å². The van der Waals surface area contributed by atoms with E-state index in [0.29, 0.717) is 11.4 Å². The number of hydrogen-bond acceptors (Lipinski definition) is 4. The number of nitrogens with one attached hydrogen (secondary N) is 1. The molecule has 20 heavy (non-hydrogen) atoms. The summed E-state index contributed by atoms with van der Waals surface area (Å²) >= 11 is 0. The molecule has 0 bridgehead atoms. The molecule has 5 nitrogen and oxygen atoms in total. The van der Waals surface area contributed by atoms with E-state index in [4.69, 9.17) is 0 Å². The van der Waals surface area contributed by atoms with Gasteiger partial charge in [0.15, 0.2) is 0 Å². The Bertz CT molecular complexity index is 640. The SMILES string of the molecule is O=S1(=O)NC(=NC2CCCCC2CO)c2ccccc21. The van der Waals surface area contributed by atoms with Crippen LogP contribution in [0.25, 0.3) is 0 Å². The third-order valence-corrected chi connectivity index (χ3v) is 5.46. The minimum atomic E-state index is -3.47.